The summed E-state index contributed by atoms with van der Waals surface area (Å²) < 4.78 is 10.9. The molecular weight excluding hydrogens is 290 g/mol. The Labute approximate surface area is 129 Å². The van der Waals surface area contributed by atoms with E-state index in [2.05, 4.69) is 17.1 Å². The van der Waals surface area contributed by atoms with Crippen molar-refractivity contribution in [2.75, 3.05) is 0 Å². The molecule has 114 valence electrons. The third-order valence-electron chi connectivity index (χ3n) is 2.90. The molecule has 2 rings (SSSR count). The second-order valence-corrected chi connectivity index (χ2v) is 5.51. The van der Waals surface area contributed by atoms with Gasteiger partial charge in [0.2, 0.25) is 11.7 Å². The Kier molecular flexibility index (Phi) is 5.59. The van der Waals surface area contributed by atoms with Crippen LogP contribution in [0.1, 0.15) is 37.5 Å². The summed E-state index contributed by atoms with van der Waals surface area (Å²) in [6.07, 6.45) is 2.45. The van der Waals surface area contributed by atoms with Gasteiger partial charge >= 0.3 is 0 Å². The summed E-state index contributed by atoms with van der Waals surface area (Å²) in [5, 5.41) is 4.57. The molecule has 0 aliphatic carbocycles. The summed E-state index contributed by atoms with van der Waals surface area (Å²) >= 11 is 6.02. The molecular formula is C15H20ClN3O2. The SMILES string of the molecule is CCCc1nc(COc2ccc(Cl)cc2CC(C)N)no1. The van der Waals surface area contributed by atoms with Crippen LogP contribution in [-0.2, 0) is 19.4 Å². The van der Waals surface area contributed by atoms with Crippen molar-refractivity contribution in [1.82, 2.24) is 10.1 Å². The van der Waals surface area contributed by atoms with Gasteiger partial charge in [0.1, 0.15) is 5.75 Å². The Morgan fingerprint density at radius 3 is 2.95 bits per heavy atom. The molecule has 0 bridgehead atoms. The van der Waals surface area contributed by atoms with Crippen molar-refractivity contribution in [2.24, 2.45) is 5.73 Å². The molecule has 0 radical (unpaired) electrons. The molecule has 1 unspecified atom stereocenters. The molecule has 0 spiro atoms. The van der Waals surface area contributed by atoms with Gasteiger partial charge in [0.15, 0.2) is 6.61 Å². The van der Waals surface area contributed by atoms with Gasteiger partial charge in [-0.15, -0.1) is 0 Å². The standard InChI is InChI=1S/C15H20ClN3O2/c1-3-4-15-18-14(19-21-15)9-20-13-6-5-12(16)8-11(13)7-10(2)17/h5-6,8,10H,3-4,7,9,17H2,1-2H3. The smallest absolute Gasteiger partial charge is 0.226 e. The molecule has 2 N–H and O–H groups in total. The highest BCUT2D eigenvalue weighted by Gasteiger charge is 2.10. The fourth-order valence-electron chi connectivity index (χ4n) is 2.00. The molecule has 1 aromatic heterocycles. The molecule has 1 atom stereocenters. The first-order chi connectivity index (χ1) is 10.1. The summed E-state index contributed by atoms with van der Waals surface area (Å²) in [7, 11) is 0. The zero-order valence-corrected chi connectivity index (χ0v) is 13.1. The molecule has 1 heterocycles. The summed E-state index contributed by atoms with van der Waals surface area (Å²) in [4.78, 5) is 4.27. The molecule has 0 fully saturated rings. The summed E-state index contributed by atoms with van der Waals surface area (Å²) in [6, 6.07) is 5.54. The minimum atomic E-state index is 0.0344. The monoisotopic (exact) mass is 309 g/mol. The van der Waals surface area contributed by atoms with Crippen molar-refractivity contribution in [3.63, 3.8) is 0 Å². The topological polar surface area (TPSA) is 74.2 Å². The first-order valence-corrected chi connectivity index (χ1v) is 7.44. The van der Waals surface area contributed by atoms with Crippen LogP contribution in [0.5, 0.6) is 5.75 Å². The highest BCUT2D eigenvalue weighted by molar-refractivity contribution is 6.30. The van der Waals surface area contributed by atoms with Gasteiger partial charge in [0.05, 0.1) is 0 Å². The molecule has 0 aliphatic heterocycles. The van der Waals surface area contributed by atoms with E-state index in [0.717, 1.165) is 24.2 Å². The van der Waals surface area contributed by atoms with Gasteiger partial charge in [0, 0.05) is 17.5 Å². The van der Waals surface area contributed by atoms with Gasteiger partial charge in [0.25, 0.3) is 0 Å². The van der Waals surface area contributed by atoms with Crippen LogP contribution in [0.4, 0.5) is 0 Å². The van der Waals surface area contributed by atoms with Crippen LogP contribution in [0.25, 0.3) is 0 Å². The Hall–Kier alpha value is -1.59. The average molecular weight is 310 g/mol. The lowest BCUT2D eigenvalue weighted by atomic mass is 10.1. The van der Waals surface area contributed by atoms with E-state index >= 15 is 0 Å². The number of aryl methyl sites for hydroxylation is 1. The normalized spacial score (nSPS) is 12.4. The fraction of sp³-hybridized carbons (Fsp3) is 0.467. The van der Waals surface area contributed by atoms with Gasteiger partial charge in [-0.3, -0.25) is 0 Å². The molecule has 2 aromatic rings. The minimum absolute atomic E-state index is 0.0344. The number of benzene rings is 1. The number of hydrogen-bond donors (Lipinski definition) is 1. The summed E-state index contributed by atoms with van der Waals surface area (Å²) in [5.74, 6) is 1.93. The van der Waals surface area contributed by atoms with E-state index in [1.54, 1.807) is 6.07 Å². The van der Waals surface area contributed by atoms with Gasteiger partial charge in [-0.2, -0.15) is 4.98 Å². The van der Waals surface area contributed by atoms with Crippen LogP contribution in [0, 0.1) is 0 Å². The lowest BCUT2D eigenvalue weighted by Crippen LogP contribution is -2.18. The molecule has 0 saturated carbocycles. The second-order valence-electron chi connectivity index (χ2n) is 5.08. The minimum Gasteiger partial charge on any atom is -0.485 e. The van der Waals surface area contributed by atoms with E-state index < -0.39 is 0 Å². The van der Waals surface area contributed by atoms with Crippen LogP contribution in [-0.4, -0.2) is 16.2 Å². The van der Waals surface area contributed by atoms with Gasteiger partial charge < -0.3 is 15.0 Å². The van der Waals surface area contributed by atoms with Gasteiger partial charge in [-0.05, 0) is 43.5 Å². The van der Waals surface area contributed by atoms with Crippen molar-refractivity contribution >= 4 is 11.6 Å². The molecule has 5 nitrogen and oxygen atoms in total. The zero-order chi connectivity index (χ0) is 15.2. The number of nitrogens with two attached hydrogens (primary N) is 1. The van der Waals surface area contributed by atoms with E-state index in [9.17, 15) is 0 Å². The molecule has 6 heteroatoms. The molecule has 1 aromatic carbocycles. The first kappa shape index (κ1) is 15.8. The first-order valence-electron chi connectivity index (χ1n) is 7.06. The third-order valence-corrected chi connectivity index (χ3v) is 3.13. The van der Waals surface area contributed by atoms with Crippen LogP contribution in [0.3, 0.4) is 0 Å². The number of halogens is 1. The second kappa shape index (κ2) is 7.43. The van der Waals surface area contributed by atoms with Crippen molar-refractivity contribution in [3.8, 4) is 5.75 Å². The maximum atomic E-state index is 6.02. The quantitative estimate of drug-likeness (QED) is 0.850. The van der Waals surface area contributed by atoms with Gasteiger partial charge in [-0.25, -0.2) is 0 Å². The fourth-order valence-corrected chi connectivity index (χ4v) is 2.20. The van der Waals surface area contributed by atoms with E-state index in [1.165, 1.54) is 0 Å². The zero-order valence-electron chi connectivity index (χ0n) is 12.3. The van der Waals surface area contributed by atoms with E-state index in [-0.39, 0.29) is 12.6 Å². The highest BCUT2D eigenvalue weighted by Crippen LogP contribution is 2.24. The largest absolute Gasteiger partial charge is 0.485 e. The Balaban J connectivity index is 2.04. The lowest BCUT2D eigenvalue weighted by Gasteiger charge is -2.12. The van der Waals surface area contributed by atoms with E-state index in [0.29, 0.717) is 23.2 Å². The Bertz CT molecular complexity index is 584. The maximum Gasteiger partial charge on any atom is 0.226 e. The van der Waals surface area contributed by atoms with Crippen molar-refractivity contribution in [2.45, 2.75) is 45.8 Å². The number of rotatable bonds is 7. The number of ether oxygens (including phenoxy) is 1. The van der Waals surface area contributed by atoms with Crippen LogP contribution in [0.2, 0.25) is 5.02 Å². The number of aromatic nitrogens is 2. The van der Waals surface area contributed by atoms with Crippen molar-refractivity contribution in [1.29, 1.82) is 0 Å². The third kappa shape index (κ3) is 4.72. The summed E-state index contributed by atoms with van der Waals surface area (Å²) in [5.41, 5.74) is 6.83. The van der Waals surface area contributed by atoms with Gasteiger partial charge in [-0.1, -0.05) is 23.7 Å². The average Bonchev–Trinajstić information content (AvgIpc) is 2.85. The predicted octanol–water partition coefficient (Wildman–Crippen LogP) is 3.14. The summed E-state index contributed by atoms with van der Waals surface area (Å²) in [6.45, 7) is 4.27. The van der Waals surface area contributed by atoms with Crippen molar-refractivity contribution < 1.29 is 9.26 Å². The molecule has 0 amide bonds. The van der Waals surface area contributed by atoms with Crippen LogP contribution >= 0.6 is 11.6 Å². The Morgan fingerprint density at radius 1 is 1.43 bits per heavy atom. The lowest BCUT2D eigenvalue weighted by molar-refractivity contribution is 0.282. The maximum absolute atomic E-state index is 6.02. The molecule has 0 saturated heterocycles. The van der Waals surface area contributed by atoms with E-state index in [1.807, 2.05) is 19.1 Å². The number of nitrogens with zero attached hydrogens (tertiary/aromatic N) is 2. The molecule has 0 aliphatic rings. The highest BCUT2D eigenvalue weighted by atomic mass is 35.5. The van der Waals surface area contributed by atoms with Crippen LogP contribution < -0.4 is 10.5 Å². The van der Waals surface area contributed by atoms with Crippen LogP contribution in [0.15, 0.2) is 22.7 Å². The van der Waals surface area contributed by atoms with Crippen molar-refractivity contribution in [3.05, 3.63) is 40.5 Å². The number of hydrogen-bond acceptors (Lipinski definition) is 5. The Morgan fingerprint density at radius 2 is 2.24 bits per heavy atom. The van der Waals surface area contributed by atoms with E-state index in [4.69, 9.17) is 26.6 Å². The predicted molar refractivity (Wildman–Crippen MR) is 81.4 cm³/mol. The molecule has 21 heavy (non-hydrogen) atoms.